The van der Waals surface area contributed by atoms with E-state index in [9.17, 15) is 0 Å². The summed E-state index contributed by atoms with van der Waals surface area (Å²) in [7, 11) is 5.66. The van der Waals surface area contributed by atoms with E-state index < -0.39 is 0 Å². The molecular formula is C21H25N5O2. The van der Waals surface area contributed by atoms with E-state index in [0.29, 0.717) is 13.0 Å². The molecule has 0 radical (unpaired) electrons. The van der Waals surface area contributed by atoms with Crippen molar-refractivity contribution in [3.63, 3.8) is 0 Å². The fraction of sp³-hybridized carbons (Fsp3) is 0.381. The van der Waals surface area contributed by atoms with Crippen molar-refractivity contribution in [2.45, 2.75) is 18.9 Å². The van der Waals surface area contributed by atoms with E-state index in [1.165, 1.54) is 0 Å². The SMILES string of the molecule is COc1ccccc1Cc1nc(-c2cccnc2N(C)C)n(C2CCOC2)n1. The van der Waals surface area contributed by atoms with Gasteiger partial charge in [-0.1, -0.05) is 18.2 Å². The minimum atomic E-state index is 0.184. The largest absolute Gasteiger partial charge is 0.496 e. The van der Waals surface area contributed by atoms with E-state index in [-0.39, 0.29) is 6.04 Å². The van der Waals surface area contributed by atoms with Crippen LogP contribution in [-0.4, -0.2) is 54.2 Å². The molecule has 0 bridgehead atoms. The van der Waals surface area contributed by atoms with Crippen LogP contribution in [0, 0.1) is 0 Å². The number of pyridine rings is 1. The van der Waals surface area contributed by atoms with Crippen LogP contribution in [0.4, 0.5) is 5.82 Å². The molecule has 28 heavy (non-hydrogen) atoms. The average Bonchev–Trinajstić information content (AvgIpc) is 3.38. The molecule has 7 heteroatoms. The highest BCUT2D eigenvalue weighted by Gasteiger charge is 2.25. The summed E-state index contributed by atoms with van der Waals surface area (Å²) in [6.45, 7) is 1.40. The fourth-order valence-electron chi connectivity index (χ4n) is 3.54. The molecule has 4 rings (SSSR count). The third-order valence-corrected chi connectivity index (χ3v) is 4.92. The molecule has 0 aliphatic carbocycles. The Morgan fingerprint density at radius 2 is 2.07 bits per heavy atom. The van der Waals surface area contributed by atoms with Gasteiger partial charge in [0.1, 0.15) is 11.6 Å². The van der Waals surface area contributed by atoms with E-state index in [2.05, 4.69) is 4.98 Å². The van der Waals surface area contributed by atoms with Gasteiger partial charge in [-0.05, 0) is 24.6 Å². The van der Waals surface area contributed by atoms with Crippen molar-refractivity contribution < 1.29 is 9.47 Å². The Balaban J connectivity index is 1.78. The van der Waals surface area contributed by atoms with Crippen LogP contribution >= 0.6 is 0 Å². The molecule has 1 fully saturated rings. The van der Waals surface area contributed by atoms with Crippen LogP contribution in [0.1, 0.15) is 23.9 Å². The van der Waals surface area contributed by atoms with Crippen LogP contribution in [0.25, 0.3) is 11.4 Å². The van der Waals surface area contributed by atoms with Gasteiger partial charge < -0.3 is 14.4 Å². The van der Waals surface area contributed by atoms with Crippen LogP contribution in [0.15, 0.2) is 42.6 Å². The highest BCUT2D eigenvalue weighted by Crippen LogP contribution is 2.31. The zero-order chi connectivity index (χ0) is 19.5. The van der Waals surface area contributed by atoms with Crippen molar-refractivity contribution in [2.24, 2.45) is 0 Å². The molecule has 1 aliphatic heterocycles. The monoisotopic (exact) mass is 379 g/mol. The van der Waals surface area contributed by atoms with Gasteiger partial charge in [0.2, 0.25) is 0 Å². The Morgan fingerprint density at radius 1 is 1.21 bits per heavy atom. The lowest BCUT2D eigenvalue weighted by Crippen LogP contribution is -2.15. The van der Waals surface area contributed by atoms with Crippen LogP contribution in [0.3, 0.4) is 0 Å². The minimum Gasteiger partial charge on any atom is -0.496 e. The molecule has 1 saturated heterocycles. The molecular weight excluding hydrogens is 354 g/mol. The van der Waals surface area contributed by atoms with Crippen LogP contribution < -0.4 is 9.64 Å². The quantitative estimate of drug-likeness (QED) is 0.656. The predicted octanol–water partition coefficient (Wildman–Crippen LogP) is 2.97. The van der Waals surface area contributed by atoms with Crippen LogP contribution in [0.5, 0.6) is 5.75 Å². The second-order valence-corrected chi connectivity index (χ2v) is 7.07. The number of benzene rings is 1. The molecule has 0 amide bonds. The van der Waals surface area contributed by atoms with Gasteiger partial charge in [-0.3, -0.25) is 0 Å². The zero-order valence-corrected chi connectivity index (χ0v) is 16.5. The van der Waals surface area contributed by atoms with Crippen molar-refractivity contribution >= 4 is 5.82 Å². The fourth-order valence-corrected chi connectivity index (χ4v) is 3.54. The first-order chi connectivity index (χ1) is 13.7. The summed E-state index contributed by atoms with van der Waals surface area (Å²) in [5, 5.41) is 4.86. The Bertz CT molecular complexity index is 947. The van der Waals surface area contributed by atoms with Crippen LogP contribution in [0.2, 0.25) is 0 Å². The Morgan fingerprint density at radius 3 is 2.82 bits per heavy atom. The number of para-hydroxylation sites is 1. The maximum atomic E-state index is 5.61. The Kier molecular flexibility index (Phi) is 5.25. The summed E-state index contributed by atoms with van der Waals surface area (Å²) in [4.78, 5) is 11.4. The number of ether oxygens (including phenoxy) is 2. The molecule has 1 unspecified atom stereocenters. The number of aromatic nitrogens is 4. The molecule has 0 N–H and O–H groups in total. The highest BCUT2D eigenvalue weighted by atomic mass is 16.5. The van der Waals surface area contributed by atoms with Gasteiger partial charge in [0, 0.05) is 38.9 Å². The third kappa shape index (κ3) is 3.57. The number of anilines is 1. The molecule has 2 aromatic heterocycles. The van der Waals surface area contributed by atoms with Gasteiger partial charge in [-0.25, -0.2) is 14.6 Å². The molecule has 7 nitrogen and oxygen atoms in total. The molecule has 1 atom stereocenters. The second kappa shape index (κ2) is 7.98. The number of rotatable bonds is 6. The van der Waals surface area contributed by atoms with Crippen molar-refractivity contribution in [3.8, 4) is 17.1 Å². The first-order valence-corrected chi connectivity index (χ1v) is 9.45. The lowest BCUT2D eigenvalue weighted by Gasteiger charge is -2.17. The molecule has 0 spiro atoms. The van der Waals surface area contributed by atoms with Gasteiger partial charge >= 0.3 is 0 Å². The maximum Gasteiger partial charge on any atom is 0.162 e. The van der Waals surface area contributed by atoms with E-state index in [0.717, 1.165) is 47.4 Å². The summed E-state index contributed by atoms with van der Waals surface area (Å²) in [5.41, 5.74) is 2.04. The van der Waals surface area contributed by atoms with Gasteiger partial charge in [-0.15, -0.1) is 0 Å². The topological polar surface area (TPSA) is 65.3 Å². The summed E-state index contributed by atoms with van der Waals surface area (Å²) < 4.78 is 13.1. The number of methoxy groups -OCH3 is 1. The molecule has 1 aromatic carbocycles. The number of hydrogen-bond acceptors (Lipinski definition) is 6. The zero-order valence-electron chi connectivity index (χ0n) is 16.5. The normalized spacial score (nSPS) is 16.3. The van der Waals surface area contributed by atoms with Crippen molar-refractivity contribution in [1.82, 2.24) is 19.7 Å². The summed E-state index contributed by atoms with van der Waals surface area (Å²) in [5.74, 6) is 3.32. The predicted molar refractivity (Wildman–Crippen MR) is 108 cm³/mol. The second-order valence-electron chi connectivity index (χ2n) is 7.07. The molecule has 0 saturated carbocycles. The first-order valence-electron chi connectivity index (χ1n) is 9.45. The van der Waals surface area contributed by atoms with Gasteiger partial charge in [-0.2, -0.15) is 5.10 Å². The maximum absolute atomic E-state index is 5.61. The Labute approximate surface area is 164 Å². The van der Waals surface area contributed by atoms with Crippen molar-refractivity contribution in [3.05, 3.63) is 54.0 Å². The van der Waals surface area contributed by atoms with E-state index in [1.54, 1.807) is 13.3 Å². The van der Waals surface area contributed by atoms with E-state index in [4.69, 9.17) is 19.6 Å². The minimum absolute atomic E-state index is 0.184. The van der Waals surface area contributed by atoms with Crippen molar-refractivity contribution in [1.29, 1.82) is 0 Å². The number of nitrogens with zero attached hydrogens (tertiary/aromatic N) is 5. The lowest BCUT2D eigenvalue weighted by atomic mass is 10.1. The first kappa shape index (κ1) is 18.4. The van der Waals surface area contributed by atoms with Gasteiger partial charge in [0.25, 0.3) is 0 Å². The van der Waals surface area contributed by atoms with Gasteiger partial charge in [0.15, 0.2) is 11.6 Å². The molecule has 146 valence electrons. The summed E-state index contributed by atoms with van der Waals surface area (Å²) >= 11 is 0. The summed E-state index contributed by atoms with van der Waals surface area (Å²) in [6.07, 6.45) is 3.34. The van der Waals surface area contributed by atoms with E-state index >= 15 is 0 Å². The highest BCUT2D eigenvalue weighted by molar-refractivity contribution is 5.70. The van der Waals surface area contributed by atoms with Crippen molar-refractivity contribution in [2.75, 3.05) is 39.3 Å². The molecule has 1 aliphatic rings. The van der Waals surface area contributed by atoms with Crippen LogP contribution in [-0.2, 0) is 11.2 Å². The molecule has 3 aromatic rings. The lowest BCUT2D eigenvalue weighted by molar-refractivity contribution is 0.184. The molecule has 3 heterocycles. The Hall–Kier alpha value is -2.93. The smallest absolute Gasteiger partial charge is 0.162 e. The summed E-state index contributed by atoms with van der Waals surface area (Å²) in [6, 6.07) is 12.2. The van der Waals surface area contributed by atoms with Gasteiger partial charge in [0.05, 0.1) is 25.3 Å². The third-order valence-electron chi connectivity index (χ3n) is 4.92. The average molecular weight is 379 g/mol. The standard InChI is InChI=1S/C21H25N5O2/c1-25(2)20-17(8-6-11-22-20)21-23-19(24-26(21)16-10-12-28-14-16)13-15-7-4-5-9-18(15)27-3/h4-9,11,16H,10,12-14H2,1-3H3. The number of hydrogen-bond donors (Lipinski definition) is 0. The van der Waals surface area contributed by atoms with E-state index in [1.807, 2.05) is 60.1 Å².